The predicted octanol–water partition coefficient (Wildman–Crippen LogP) is 3.21. The zero-order valence-electron chi connectivity index (χ0n) is 11.4. The molecular weight excluding hydrogens is 240 g/mol. The Balaban J connectivity index is 2.21. The van der Waals surface area contributed by atoms with Gasteiger partial charge < -0.3 is 15.2 Å². The third kappa shape index (κ3) is 3.23. The van der Waals surface area contributed by atoms with Gasteiger partial charge in [-0.15, -0.1) is 0 Å². The Labute approximate surface area is 113 Å². The molecule has 2 aromatic rings. The van der Waals surface area contributed by atoms with E-state index in [9.17, 15) is 0 Å². The van der Waals surface area contributed by atoms with Crippen LogP contribution in [0.15, 0.2) is 36.5 Å². The topological polar surface area (TPSA) is 57.4 Å². The molecule has 0 bridgehead atoms. The summed E-state index contributed by atoms with van der Waals surface area (Å²) in [7, 11) is 1.62. The van der Waals surface area contributed by atoms with Crippen molar-refractivity contribution >= 4 is 0 Å². The van der Waals surface area contributed by atoms with Gasteiger partial charge in [0, 0.05) is 6.04 Å². The molecule has 0 fully saturated rings. The number of nitrogens with two attached hydrogens (primary N) is 1. The Morgan fingerprint density at radius 3 is 2.53 bits per heavy atom. The fourth-order valence-electron chi connectivity index (χ4n) is 1.71. The second-order valence-corrected chi connectivity index (χ2v) is 4.46. The molecule has 0 saturated carbocycles. The molecule has 4 heteroatoms. The minimum atomic E-state index is -0.0806. The van der Waals surface area contributed by atoms with Crippen LogP contribution in [0.25, 0.3) is 0 Å². The maximum atomic E-state index is 5.76. The van der Waals surface area contributed by atoms with Crippen LogP contribution in [0, 0.1) is 6.92 Å². The van der Waals surface area contributed by atoms with Crippen molar-refractivity contribution in [3.8, 4) is 17.2 Å². The highest BCUT2D eigenvalue weighted by atomic mass is 16.5. The maximum absolute atomic E-state index is 5.76. The molecule has 2 N–H and O–H groups in total. The summed E-state index contributed by atoms with van der Waals surface area (Å²) in [5.41, 5.74) is 7.71. The number of aromatic nitrogens is 1. The van der Waals surface area contributed by atoms with E-state index >= 15 is 0 Å². The van der Waals surface area contributed by atoms with Crippen LogP contribution in [-0.4, -0.2) is 12.1 Å². The average Bonchev–Trinajstić information content (AvgIpc) is 2.41. The number of benzene rings is 1. The molecule has 0 aliphatic heterocycles. The van der Waals surface area contributed by atoms with Crippen molar-refractivity contribution in [2.45, 2.75) is 19.9 Å². The molecule has 1 heterocycles. The summed E-state index contributed by atoms with van der Waals surface area (Å²) in [5.74, 6) is 2.03. The maximum Gasteiger partial charge on any atom is 0.169 e. The van der Waals surface area contributed by atoms with Crippen molar-refractivity contribution in [3.63, 3.8) is 0 Å². The summed E-state index contributed by atoms with van der Waals surface area (Å²) in [5, 5.41) is 0. The first-order valence-corrected chi connectivity index (χ1v) is 6.14. The zero-order valence-corrected chi connectivity index (χ0v) is 11.4. The summed E-state index contributed by atoms with van der Waals surface area (Å²) in [6.45, 7) is 3.90. The van der Waals surface area contributed by atoms with E-state index in [1.165, 1.54) is 0 Å². The fourth-order valence-corrected chi connectivity index (χ4v) is 1.71. The van der Waals surface area contributed by atoms with E-state index in [4.69, 9.17) is 15.2 Å². The lowest BCUT2D eigenvalue weighted by Crippen LogP contribution is -2.06. The summed E-state index contributed by atoms with van der Waals surface area (Å²) < 4.78 is 11.1. The molecule has 0 aliphatic carbocycles. The molecule has 0 saturated heterocycles. The predicted molar refractivity (Wildman–Crippen MR) is 74.6 cm³/mol. The van der Waals surface area contributed by atoms with Crippen LogP contribution in [0.4, 0.5) is 0 Å². The van der Waals surface area contributed by atoms with Gasteiger partial charge in [-0.25, -0.2) is 0 Å². The smallest absolute Gasteiger partial charge is 0.169 e. The zero-order chi connectivity index (χ0) is 13.8. The third-order valence-corrected chi connectivity index (χ3v) is 2.77. The number of ether oxygens (including phenoxy) is 2. The van der Waals surface area contributed by atoms with E-state index in [1.807, 2.05) is 44.2 Å². The van der Waals surface area contributed by atoms with Gasteiger partial charge in [0.2, 0.25) is 0 Å². The highest BCUT2D eigenvalue weighted by molar-refractivity contribution is 5.44. The number of nitrogens with zero attached hydrogens (tertiary/aromatic N) is 1. The third-order valence-electron chi connectivity index (χ3n) is 2.77. The number of hydrogen-bond donors (Lipinski definition) is 1. The van der Waals surface area contributed by atoms with Crippen molar-refractivity contribution in [3.05, 3.63) is 47.8 Å². The van der Waals surface area contributed by atoms with Gasteiger partial charge in [-0.1, -0.05) is 6.07 Å². The van der Waals surface area contributed by atoms with Gasteiger partial charge in [-0.05, 0) is 43.7 Å². The van der Waals surface area contributed by atoms with Crippen LogP contribution in [0.5, 0.6) is 17.2 Å². The molecule has 2 rings (SSSR count). The molecule has 0 radical (unpaired) electrons. The fraction of sp³-hybridized carbons (Fsp3) is 0.267. The number of hydrogen-bond acceptors (Lipinski definition) is 4. The average molecular weight is 258 g/mol. The molecule has 19 heavy (non-hydrogen) atoms. The van der Waals surface area contributed by atoms with E-state index in [0.717, 1.165) is 11.3 Å². The summed E-state index contributed by atoms with van der Waals surface area (Å²) in [6.07, 6.45) is 1.66. The SMILES string of the molecule is COc1cc(C)ccc1Oc1ccc(C(C)N)nc1. The van der Waals surface area contributed by atoms with Gasteiger partial charge in [-0.3, -0.25) is 4.98 Å². The number of aryl methyl sites for hydroxylation is 1. The van der Waals surface area contributed by atoms with Crippen LogP contribution >= 0.6 is 0 Å². The van der Waals surface area contributed by atoms with Crippen LogP contribution in [-0.2, 0) is 0 Å². The lowest BCUT2D eigenvalue weighted by Gasteiger charge is -2.11. The Morgan fingerprint density at radius 2 is 1.95 bits per heavy atom. The van der Waals surface area contributed by atoms with E-state index in [0.29, 0.717) is 17.2 Å². The van der Waals surface area contributed by atoms with Crippen molar-refractivity contribution in [1.29, 1.82) is 0 Å². The van der Waals surface area contributed by atoms with Crippen molar-refractivity contribution in [2.24, 2.45) is 5.73 Å². The second kappa shape index (κ2) is 5.71. The van der Waals surface area contributed by atoms with Crippen molar-refractivity contribution < 1.29 is 9.47 Å². The molecular formula is C15H18N2O2. The van der Waals surface area contributed by atoms with E-state index in [1.54, 1.807) is 13.3 Å². The standard InChI is InChI=1S/C15H18N2O2/c1-10-4-7-14(15(8-10)18-3)19-12-5-6-13(11(2)16)17-9-12/h4-9,11H,16H2,1-3H3. The summed E-state index contributed by atoms with van der Waals surface area (Å²) in [4.78, 5) is 4.26. The molecule has 0 spiro atoms. The Hall–Kier alpha value is -2.07. The highest BCUT2D eigenvalue weighted by Crippen LogP contribution is 2.31. The van der Waals surface area contributed by atoms with Gasteiger partial charge >= 0.3 is 0 Å². The van der Waals surface area contributed by atoms with Crippen LogP contribution in [0.3, 0.4) is 0 Å². The molecule has 0 amide bonds. The Bertz CT molecular complexity index is 551. The summed E-state index contributed by atoms with van der Waals surface area (Å²) >= 11 is 0. The number of methoxy groups -OCH3 is 1. The van der Waals surface area contributed by atoms with E-state index < -0.39 is 0 Å². The van der Waals surface area contributed by atoms with Gasteiger partial charge in [0.15, 0.2) is 11.5 Å². The molecule has 1 atom stereocenters. The van der Waals surface area contributed by atoms with E-state index in [-0.39, 0.29) is 6.04 Å². The molecule has 100 valence electrons. The van der Waals surface area contributed by atoms with Crippen molar-refractivity contribution in [2.75, 3.05) is 7.11 Å². The number of pyridine rings is 1. The normalized spacial score (nSPS) is 12.0. The lowest BCUT2D eigenvalue weighted by atomic mass is 10.2. The van der Waals surface area contributed by atoms with Gasteiger partial charge in [-0.2, -0.15) is 0 Å². The Kier molecular flexibility index (Phi) is 4.02. The quantitative estimate of drug-likeness (QED) is 0.914. The van der Waals surface area contributed by atoms with E-state index in [2.05, 4.69) is 4.98 Å². The molecule has 1 aromatic carbocycles. The first-order chi connectivity index (χ1) is 9.10. The largest absolute Gasteiger partial charge is 0.493 e. The van der Waals surface area contributed by atoms with Gasteiger partial charge in [0.05, 0.1) is 19.0 Å². The minimum absolute atomic E-state index is 0.0806. The first-order valence-electron chi connectivity index (χ1n) is 6.14. The monoisotopic (exact) mass is 258 g/mol. The minimum Gasteiger partial charge on any atom is -0.493 e. The molecule has 1 unspecified atom stereocenters. The van der Waals surface area contributed by atoms with Crippen molar-refractivity contribution in [1.82, 2.24) is 4.98 Å². The molecule has 4 nitrogen and oxygen atoms in total. The first kappa shape index (κ1) is 13.4. The number of rotatable bonds is 4. The molecule has 0 aliphatic rings. The molecule has 1 aromatic heterocycles. The van der Waals surface area contributed by atoms with Crippen LogP contribution < -0.4 is 15.2 Å². The van der Waals surface area contributed by atoms with Gasteiger partial charge in [0.25, 0.3) is 0 Å². The highest BCUT2D eigenvalue weighted by Gasteiger charge is 2.07. The Morgan fingerprint density at radius 1 is 1.16 bits per heavy atom. The lowest BCUT2D eigenvalue weighted by molar-refractivity contribution is 0.378. The second-order valence-electron chi connectivity index (χ2n) is 4.46. The summed E-state index contributed by atoms with van der Waals surface area (Å²) in [6, 6.07) is 9.42. The van der Waals surface area contributed by atoms with Gasteiger partial charge in [0.1, 0.15) is 5.75 Å². The van der Waals surface area contributed by atoms with Crippen LogP contribution in [0.2, 0.25) is 0 Å². The van der Waals surface area contributed by atoms with Crippen LogP contribution in [0.1, 0.15) is 24.2 Å².